The summed E-state index contributed by atoms with van der Waals surface area (Å²) in [6.07, 6.45) is 12.4. The van der Waals surface area contributed by atoms with Gasteiger partial charge in [0.15, 0.2) is 5.78 Å². The molecular weight excluding hydrogens is 268 g/mol. The van der Waals surface area contributed by atoms with Crippen molar-refractivity contribution in [3.63, 3.8) is 0 Å². The average molecular weight is 300 g/mol. The predicted octanol–water partition coefficient (Wildman–Crippen LogP) is 5.40. The lowest BCUT2D eigenvalue weighted by molar-refractivity contribution is -0.116. The maximum atomic E-state index is 11.8. The van der Waals surface area contributed by atoms with Gasteiger partial charge in [0.05, 0.1) is 0 Å². The number of rotatable bonds is 1. The third-order valence-corrected chi connectivity index (χ3v) is 8.33. The van der Waals surface area contributed by atoms with Crippen molar-refractivity contribution in [2.24, 2.45) is 40.9 Å². The summed E-state index contributed by atoms with van der Waals surface area (Å²) in [6.45, 7) is 7.51. The molecule has 122 valence electrons. The molecule has 0 saturated heterocycles. The summed E-state index contributed by atoms with van der Waals surface area (Å²) < 4.78 is 0. The topological polar surface area (TPSA) is 17.1 Å². The van der Waals surface area contributed by atoms with Gasteiger partial charge in [0.1, 0.15) is 0 Å². The van der Waals surface area contributed by atoms with Crippen LogP contribution in [0.5, 0.6) is 0 Å². The van der Waals surface area contributed by atoms with Crippen molar-refractivity contribution in [2.45, 2.75) is 72.1 Å². The quantitative estimate of drug-likeness (QED) is 0.633. The highest BCUT2D eigenvalue weighted by Gasteiger charge is 2.57. The zero-order valence-electron chi connectivity index (χ0n) is 14.6. The molecule has 0 N–H and O–H groups in total. The molecule has 0 heterocycles. The molecule has 3 saturated carbocycles. The van der Waals surface area contributed by atoms with Crippen molar-refractivity contribution in [2.75, 3.05) is 0 Å². The number of hydrogen-bond donors (Lipinski definition) is 0. The van der Waals surface area contributed by atoms with E-state index in [2.05, 4.69) is 20.8 Å². The molecule has 1 heteroatoms. The van der Waals surface area contributed by atoms with Crippen molar-refractivity contribution < 1.29 is 4.79 Å². The van der Waals surface area contributed by atoms with Gasteiger partial charge >= 0.3 is 0 Å². The highest BCUT2D eigenvalue weighted by molar-refractivity contribution is 5.91. The normalized spacial score (nSPS) is 50.9. The van der Waals surface area contributed by atoms with E-state index in [9.17, 15) is 4.79 Å². The van der Waals surface area contributed by atoms with Gasteiger partial charge in [-0.3, -0.25) is 4.79 Å². The van der Waals surface area contributed by atoms with Gasteiger partial charge in [-0.25, -0.2) is 0 Å². The van der Waals surface area contributed by atoms with Crippen molar-refractivity contribution in [3.05, 3.63) is 11.6 Å². The molecule has 5 unspecified atom stereocenters. The Balaban J connectivity index is 1.66. The molecule has 4 aliphatic carbocycles. The third-order valence-electron chi connectivity index (χ3n) is 8.33. The maximum Gasteiger partial charge on any atom is 0.155 e. The Morgan fingerprint density at radius 2 is 2.05 bits per heavy atom. The van der Waals surface area contributed by atoms with E-state index in [4.69, 9.17) is 0 Å². The van der Waals surface area contributed by atoms with E-state index < -0.39 is 0 Å². The minimum absolute atomic E-state index is 0.393. The molecule has 0 amide bonds. The van der Waals surface area contributed by atoms with Crippen LogP contribution in [0, 0.1) is 40.9 Å². The second-order valence-electron chi connectivity index (χ2n) is 9.09. The van der Waals surface area contributed by atoms with E-state index in [1.165, 1.54) is 44.1 Å². The summed E-state index contributed by atoms with van der Waals surface area (Å²) in [6, 6.07) is 0. The van der Waals surface area contributed by atoms with E-state index >= 15 is 0 Å². The fourth-order valence-corrected chi connectivity index (χ4v) is 7.37. The second-order valence-corrected chi connectivity index (χ2v) is 9.09. The summed E-state index contributed by atoms with van der Waals surface area (Å²) in [4.78, 5) is 11.8. The van der Waals surface area contributed by atoms with Crippen molar-refractivity contribution in [3.8, 4) is 0 Å². The Kier molecular flexibility index (Phi) is 3.55. The summed E-state index contributed by atoms with van der Waals surface area (Å²) in [7, 11) is 0. The monoisotopic (exact) mass is 300 g/mol. The fraction of sp³-hybridized carbons (Fsp3) is 0.857. The van der Waals surface area contributed by atoms with E-state index in [1.807, 2.05) is 6.08 Å². The minimum Gasteiger partial charge on any atom is -0.295 e. The van der Waals surface area contributed by atoms with Crippen molar-refractivity contribution >= 4 is 5.78 Å². The molecule has 4 rings (SSSR count). The standard InChI is InChI=1S/C21H32O/c1-4-15-5-8-19-20-13(2)11-14-12-16(22)6-7-17(14)18(20)9-10-21(15,19)3/h12-13,15,17-20H,4-11H2,1-3H3/t13-,15+,17?,18?,19?,20?,21?/m1/s1. The Bertz CT molecular complexity index is 504. The molecule has 0 aromatic heterocycles. The minimum atomic E-state index is 0.393. The molecule has 0 aromatic carbocycles. The Morgan fingerprint density at radius 3 is 2.82 bits per heavy atom. The third kappa shape index (κ3) is 2.00. The first-order chi connectivity index (χ1) is 10.5. The van der Waals surface area contributed by atoms with Gasteiger partial charge in [0, 0.05) is 6.42 Å². The highest BCUT2D eigenvalue weighted by Crippen LogP contribution is 2.65. The van der Waals surface area contributed by atoms with Crippen molar-refractivity contribution in [1.29, 1.82) is 0 Å². The molecule has 22 heavy (non-hydrogen) atoms. The Hall–Kier alpha value is -0.590. The van der Waals surface area contributed by atoms with E-state index in [0.29, 0.717) is 11.2 Å². The predicted molar refractivity (Wildman–Crippen MR) is 90.4 cm³/mol. The SMILES string of the molecule is CC[C@H]1CCC2C3C(CCC21C)C1CCC(=O)C=C1C[C@H]3C. The molecule has 7 atom stereocenters. The van der Waals surface area contributed by atoms with Gasteiger partial charge in [0.2, 0.25) is 0 Å². The van der Waals surface area contributed by atoms with Crippen LogP contribution in [0.4, 0.5) is 0 Å². The van der Waals surface area contributed by atoms with Gasteiger partial charge in [-0.1, -0.05) is 32.8 Å². The summed E-state index contributed by atoms with van der Waals surface area (Å²) in [5, 5.41) is 0. The molecule has 0 aromatic rings. The molecule has 1 nitrogen and oxygen atoms in total. The van der Waals surface area contributed by atoms with Gasteiger partial charge in [-0.15, -0.1) is 0 Å². The van der Waals surface area contributed by atoms with Crippen LogP contribution in [0.1, 0.15) is 72.1 Å². The van der Waals surface area contributed by atoms with Crippen molar-refractivity contribution in [1.82, 2.24) is 0 Å². The number of carbonyl (C=O) groups is 1. The number of allylic oxidation sites excluding steroid dienone is 1. The first-order valence-electron chi connectivity index (χ1n) is 9.78. The number of fused-ring (bicyclic) bond motifs is 5. The van der Waals surface area contributed by atoms with Gasteiger partial charge in [-0.2, -0.15) is 0 Å². The van der Waals surface area contributed by atoms with E-state index in [0.717, 1.165) is 48.3 Å². The first kappa shape index (κ1) is 15.0. The van der Waals surface area contributed by atoms with Gasteiger partial charge < -0.3 is 0 Å². The summed E-state index contributed by atoms with van der Waals surface area (Å²) in [5.41, 5.74) is 2.15. The molecule has 0 aliphatic heterocycles. The van der Waals surface area contributed by atoms with Crippen LogP contribution in [0.2, 0.25) is 0 Å². The van der Waals surface area contributed by atoms with E-state index in [-0.39, 0.29) is 0 Å². The van der Waals surface area contributed by atoms with Crippen LogP contribution in [-0.4, -0.2) is 5.78 Å². The molecule has 3 fully saturated rings. The lowest BCUT2D eigenvalue weighted by atomic mass is 9.49. The first-order valence-corrected chi connectivity index (χ1v) is 9.78. The zero-order valence-corrected chi connectivity index (χ0v) is 14.6. The van der Waals surface area contributed by atoms with Gasteiger partial charge in [-0.05, 0) is 85.5 Å². The van der Waals surface area contributed by atoms with E-state index in [1.54, 1.807) is 0 Å². The lowest BCUT2D eigenvalue weighted by Crippen LogP contribution is -2.49. The molecule has 0 radical (unpaired) electrons. The second kappa shape index (κ2) is 5.21. The number of hydrogen-bond acceptors (Lipinski definition) is 1. The fourth-order valence-electron chi connectivity index (χ4n) is 7.37. The van der Waals surface area contributed by atoms with Crippen LogP contribution in [0.15, 0.2) is 11.6 Å². The number of carbonyl (C=O) groups excluding carboxylic acids is 1. The molecule has 0 bridgehead atoms. The highest BCUT2D eigenvalue weighted by atomic mass is 16.1. The summed E-state index contributed by atoms with van der Waals surface area (Å²) in [5.74, 6) is 5.69. The average Bonchev–Trinajstić information content (AvgIpc) is 2.83. The smallest absolute Gasteiger partial charge is 0.155 e. The van der Waals surface area contributed by atoms with Crippen LogP contribution >= 0.6 is 0 Å². The van der Waals surface area contributed by atoms with Crippen LogP contribution in [0.3, 0.4) is 0 Å². The lowest BCUT2D eigenvalue weighted by Gasteiger charge is -2.56. The van der Waals surface area contributed by atoms with Gasteiger partial charge in [0.25, 0.3) is 0 Å². The van der Waals surface area contributed by atoms with Crippen LogP contribution < -0.4 is 0 Å². The summed E-state index contributed by atoms with van der Waals surface area (Å²) >= 11 is 0. The molecule has 4 aliphatic rings. The maximum absolute atomic E-state index is 11.8. The molecule has 0 spiro atoms. The molecular formula is C21H32O. The largest absolute Gasteiger partial charge is 0.295 e. The van der Waals surface area contributed by atoms with Crippen LogP contribution in [-0.2, 0) is 4.79 Å². The zero-order chi connectivity index (χ0) is 15.5. The number of ketones is 1. The van der Waals surface area contributed by atoms with Crippen LogP contribution in [0.25, 0.3) is 0 Å². The Morgan fingerprint density at radius 1 is 1.23 bits per heavy atom. The Labute approximate surface area is 135 Å².